The molecule has 2 N–H and O–H groups in total. The summed E-state index contributed by atoms with van der Waals surface area (Å²) in [4.78, 5) is 0.137. The van der Waals surface area contributed by atoms with E-state index in [-0.39, 0.29) is 16.3 Å². The van der Waals surface area contributed by atoms with E-state index in [0.717, 1.165) is 0 Å². The maximum absolute atomic E-state index is 11.6. The van der Waals surface area contributed by atoms with Gasteiger partial charge >= 0.3 is 0 Å². The number of anilines is 1. The van der Waals surface area contributed by atoms with Gasteiger partial charge in [-0.05, 0) is 22.0 Å². The highest BCUT2D eigenvalue weighted by molar-refractivity contribution is 9.10. The molecule has 0 aliphatic rings. The summed E-state index contributed by atoms with van der Waals surface area (Å²) in [5, 5.41) is 0. The lowest BCUT2D eigenvalue weighted by Gasteiger charge is -2.09. The summed E-state index contributed by atoms with van der Waals surface area (Å²) in [6.45, 7) is 1.58. The minimum Gasteiger partial charge on any atom is -0.495 e. The molecule has 0 fully saturated rings. The van der Waals surface area contributed by atoms with E-state index in [1.54, 1.807) is 6.92 Å². The lowest BCUT2D eigenvalue weighted by molar-refractivity contribution is 0.412. The Hall–Kier alpha value is -0.750. The van der Waals surface area contributed by atoms with Gasteiger partial charge in [0.1, 0.15) is 5.75 Å². The highest BCUT2D eigenvalue weighted by Crippen LogP contribution is 2.32. The zero-order valence-electron chi connectivity index (χ0n) is 8.45. The summed E-state index contributed by atoms with van der Waals surface area (Å²) < 4.78 is 28.8. The molecule has 0 heterocycles. The first-order valence-corrected chi connectivity index (χ1v) is 6.72. The predicted molar refractivity (Wildman–Crippen MR) is 62.8 cm³/mol. The van der Waals surface area contributed by atoms with Crippen molar-refractivity contribution in [3.63, 3.8) is 0 Å². The number of nitrogens with two attached hydrogens (primary N) is 1. The van der Waals surface area contributed by atoms with Crippen LogP contribution in [0.5, 0.6) is 5.75 Å². The number of hydrogen-bond acceptors (Lipinski definition) is 4. The molecular weight excluding hydrogens is 282 g/mol. The van der Waals surface area contributed by atoms with Gasteiger partial charge in [-0.1, -0.05) is 6.92 Å². The van der Waals surface area contributed by atoms with Crippen molar-refractivity contribution in [2.45, 2.75) is 11.8 Å². The molecule has 1 rings (SSSR count). The zero-order valence-corrected chi connectivity index (χ0v) is 10.9. The van der Waals surface area contributed by atoms with Crippen molar-refractivity contribution in [2.24, 2.45) is 0 Å². The maximum atomic E-state index is 11.6. The van der Waals surface area contributed by atoms with Gasteiger partial charge in [0.25, 0.3) is 0 Å². The normalized spacial score (nSPS) is 11.4. The molecule has 0 atom stereocenters. The molecule has 0 aliphatic heterocycles. The number of nitrogen functional groups attached to an aromatic ring is 1. The lowest BCUT2D eigenvalue weighted by Crippen LogP contribution is -2.07. The van der Waals surface area contributed by atoms with Gasteiger partial charge in [-0.15, -0.1) is 0 Å². The maximum Gasteiger partial charge on any atom is 0.180 e. The third kappa shape index (κ3) is 2.43. The monoisotopic (exact) mass is 293 g/mol. The molecule has 15 heavy (non-hydrogen) atoms. The van der Waals surface area contributed by atoms with Crippen molar-refractivity contribution < 1.29 is 13.2 Å². The van der Waals surface area contributed by atoms with Crippen LogP contribution in [0.4, 0.5) is 5.69 Å². The molecule has 0 amide bonds. The van der Waals surface area contributed by atoms with Crippen molar-refractivity contribution >= 4 is 31.5 Å². The molecule has 6 heteroatoms. The van der Waals surface area contributed by atoms with E-state index in [2.05, 4.69) is 15.9 Å². The van der Waals surface area contributed by atoms with Gasteiger partial charge in [0, 0.05) is 6.07 Å². The number of sulfone groups is 1. The van der Waals surface area contributed by atoms with Crippen LogP contribution in [0.1, 0.15) is 6.92 Å². The Morgan fingerprint density at radius 1 is 1.47 bits per heavy atom. The third-order valence-electron chi connectivity index (χ3n) is 2.00. The lowest BCUT2D eigenvalue weighted by atomic mass is 10.3. The minimum atomic E-state index is -3.29. The molecule has 0 aliphatic carbocycles. The second kappa shape index (κ2) is 4.40. The highest BCUT2D eigenvalue weighted by atomic mass is 79.9. The Labute approximate surface area is 97.5 Å². The van der Waals surface area contributed by atoms with Gasteiger partial charge in [-0.3, -0.25) is 0 Å². The van der Waals surface area contributed by atoms with Crippen LogP contribution in [0.2, 0.25) is 0 Å². The van der Waals surface area contributed by atoms with Crippen LogP contribution in [0.15, 0.2) is 21.5 Å². The quantitative estimate of drug-likeness (QED) is 0.864. The van der Waals surface area contributed by atoms with Crippen molar-refractivity contribution in [2.75, 3.05) is 18.6 Å². The van der Waals surface area contributed by atoms with Crippen LogP contribution < -0.4 is 10.5 Å². The second-order valence-corrected chi connectivity index (χ2v) is 6.03. The van der Waals surface area contributed by atoms with Crippen LogP contribution >= 0.6 is 15.9 Å². The Bertz CT molecular complexity index is 470. The van der Waals surface area contributed by atoms with E-state index in [4.69, 9.17) is 10.5 Å². The Morgan fingerprint density at radius 2 is 2.07 bits per heavy atom. The molecule has 0 saturated carbocycles. The largest absolute Gasteiger partial charge is 0.495 e. The standard InChI is InChI=1S/C9H12BrNO3S/c1-3-15(12,13)9-4-6(10)8(14-2)5-7(9)11/h4-5H,3,11H2,1-2H3. The van der Waals surface area contributed by atoms with Gasteiger partial charge in [0.15, 0.2) is 9.84 Å². The van der Waals surface area contributed by atoms with E-state index < -0.39 is 9.84 Å². The fraction of sp³-hybridized carbons (Fsp3) is 0.333. The molecule has 1 aromatic rings. The van der Waals surface area contributed by atoms with Gasteiger partial charge in [-0.25, -0.2) is 8.42 Å². The SMILES string of the molecule is CCS(=O)(=O)c1cc(Br)c(OC)cc1N. The van der Waals surface area contributed by atoms with E-state index in [9.17, 15) is 8.42 Å². The van der Waals surface area contributed by atoms with E-state index in [1.165, 1.54) is 19.2 Å². The molecule has 1 aromatic carbocycles. The van der Waals surface area contributed by atoms with Gasteiger partial charge in [-0.2, -0.15) is 0 Å². The molecule has 0 aromatic heterocycles. The van der Waals surface area contributed by atoms with Crippen molar-refractivity contribution in [3.8, 4) is 5.75 Å². The van der Waals surface area contributed by atoms with E-state index >= 15 is 0 Å². The smallest absolute Gasteiger partial charge is 0.180 e. The Morgan fingerprint density at radius 3 is 2.53 bits per heavy atom. The molecule has 0 saturated heterocycles. The van der Waals surface area contributed by atoms with E-state index in [1.807, 2.05) is 0 Å². The fourth-order valence-electron chi connectivity index (χ4n) is 1.13. The molecule has 0 spiro atoms. The van der Waals surface area contributed by atoms with Crippen LogP contribution in [-0.2, 0) is 9.84 Å². The predicted octanol–water partition coefficient (Wildman–Crippen LogP) is 1.83. The van der Waals surface area contributed by atoms with Crippen molar-refractivity contribution in [1.29, 1.82) is 0 Å². The van der Waals surface area contributed by atoms with Crippen LogP contribution in [-0.4, -0.2) is 21.3 Å². The minimum absolute atomic E-state index is 0.0238. The number of hydrogen-bond donors (Lipinski definition) is 1. The van der Waals surface area contributed by atoms with Crippen LogP contribution in [0, 0.1) is 0 Å². The first kappa shape index (κ1) is 12.3. The molecule has 0 radical (unpaired) electrons. The summed E-state index contributed by atoms with van der Waals surface area (Å²) in [7, 11) is -1.79. The summed E-state index contributed by atoms with van der Waals surface area (Å²) in [6, 6.07) is 2.96. The average Bonchev–Trinajstić information content (AvgIpc) is 2.20. The van der Waals surface area contributed by atoms with Crippen molar-refractivity contribution in [1.82, 2.24) is 0 Å². The van der Waals surface area contributed by atoms with Crippen LogP contribution in [0.25, 0.3) is 0 Å². The summed E-state index contributed by atoms with van der Waals surface area (Å²) in [5.74, 6) is 0.540. The molecule has 4 nitrogen and oxygen atoms in total. The number of ether oxygens (including phenoxy) is 1. The molecule has 84 valence electrons. The second-order valence-electron chi connectivity index (χ2n) is 2.93. The first-order chi connectivity index (χ1) is 6.92. The summed E-state index contributed by atoms with van der Waals surface area (Å²) in [5.41, 5.74) is 5.85. The average molecular weight is 294 g/mol. The van der Waals surface area contributed by atoms with Crippen LogP contribution in [0.3, 0.4) is 0 Å². The van der Waals surface area contributed by atoms with E-state index in [0.29, 0.717) is 10.2 Å². The summed E-state index contributed by atoms with van der Waals surface area (Å²) in [6.07, 6.45) is 0. The van der Waals surface area contributed by atoms with Gasteiger partial charge in [0.05, 0.1) is 27.9 Å². The number of methoxy groups -OCH3 is 1. The summed E-state index contributed by atoms with van der Waals surface area (Å²) >= 11 is 3.22. The topological polar surface area (TPSA) is 69.4 Å². The molecular formula is C9H12BrNO3S. The molecule has 0 unspecified atom stereocenters. The first-order valence-electron chi connectivity index (χ1n) is 4.28. The van der Waals surface area contributed by atoms with Gasteiger partial charge < -0.3 is 10.5 Å². The fourth-order valence-corrected chi connectivity index (χ4v) is 2.82. The highest BCUT2D eigenvalue weighted by Gasteiger charge is 2.17. The molecule has 0 bridgehead atoms. The number of benzene rings is 1. The number of halogens is 1. The Balaban J connectivity index is 3.41. The third-order valence-corrected chi connectivity index (χ3v) is 4.40. The van der Waals surface area contributed by atoms with Crippen molar-refractivity contribution in [3.05, 3.63) is 16.6 Å². The number of rotatable bonds is 3. The van der Waals surface area contributed by atoms with Gasteiger partial charge in [0.2, 0.25) is 0 Å². The Kier molecular flexibility index (Phi) is 3.62. The zero-order chi connectivity index (χ0) is 11.6.